The fourth-order valence-corrected chi connectivity index (χ4v) is 1.28. The number of nitrogens with zero attached hydrogens (tertiary/aromatic N) is 1. The van der Waals surface area contributed by atoms with E-state index < -0.39 is 0 Å². The van der Waals surface area contributed by atoms with E-state index in [1.54, 1.807) is 0 Å². The summed E-state index contributed by atoms with van der Waals surface area (Å²) in [6.07, 6.45) is 1.85. The van der Waals surface area contributed by atoms with Crippen molar-refractivity contribution in [1.82, 2.24) is 0 Å². The van der Waals surface area contributed by atoms with Crippen molar-refractivity contribution in [2.75, 3.05) is 18.4 Å². The molecule has 0 aromatic heterocycles. The second-order valence-corrected chi connectivity index (χ2v) is 3.45. The van der Waals surface area contributed by atoms with E-state index in [0.29, 0.717) is 6.54 Å². The Hall–Kier alpha value is -1.75. The Kier molecular flexibility index (Phi) is 5.03. The summed E-state index contributed by atoms with van der Waals surface area (Å²) >= 11 is 0. The van der Waals surface area contributed by atoms with E-state index in [1.807, 2.05) is 30.3 Å². The predicted molar refractivity (Wildman–Crippen MR) is 64.8 cm³/mol. The average Bonchev–Trinajstić information content (AvgIpc) is 2.28. The van der Waals surface area contributed by atoms with Crippen LogP contribution in [0.25, 0.3) is 4.85 Å². The molecular formula is C13H16N2. The van der Waals surface area contributed by atoms with Crippen LogP contribution in [0.1, 0.15) is 12.8 Å². The number of anilines is 1. The van der Waals surface area contributed by atoms with E-state index in [9.17, 15) is 0 Å². The van der Waals surface area contributed by atoms with Crippen molar-refractivity contribution in [2.45, 2.75) is 12.8 Å². The Morgan fingerprint density at radius 1 is 1.33 bits per heavy atom. The van der Waals surface area contributed by atoms with Crippen molar-refractivity contribution in [1.29, 1.82) is 0 Å². The maximum Gasteiger partial charge on any atom is 0.215 e. The first-order chi connectivity index (χ1) is 7.33. The van der Waals surface area contributed by atoms with Crippen LogP contribution in [-0.4, -0.2) is 13.1 Å². The summed E-state index contributed by atoms with van der Waals surface area (Å²) in [4.78, 5) is 3.31. The molecule has 0 bridgehead atoms. The number of benzene rings is 1. The second kappa shape index (κ2) is 6.67. The molecule has 0 spiro atoms. The van der Waals surface area contributed by atoms with Crippen molar-refractivity contribution in [2.24, 2.45) is 0 Å². The zero-order chi connectivity index (χ0) is 10.9. The summed E-state index contributed by atoms with van der Waals surface area (Å²) in [6.45, 7) is 12.0. The van der Waals surface area contributed by atoms with E-state index in [2.05, 4.69) is 16.7 Å². The smallest absolute Gasteiger partial charge is 0.215 e. The summed E-state index contributed by atoms with van der Waals surface area (Å²) < 4.78 is 0. The molecule has 2 heteroatoms. The highest BCUT2D eigenvalue weighted by Gasteiger charge is 1.96. The van der Waals surface area contributed by atoms with Gasteiger partial charge in [0.1, 0.15) is 0 Å². The van der Waals surface area contributed by atoms with E-state index in [1.165, 1.54) is 0 Å². The molecule has 0 aliphatic rings. The van der Waals surface area contributed by atoms with Crippen molar-refractivity contribution in [3.63, 3.8) is 0 Å². The Bertz CT molecular complexity index is 335. The molecule has 1 N–H and O–H groups in total. The third kappa shape index (κ3) is 4.87. The molecule has 0 amide bonds. The lowest BCUT2D eigenvalue weighted by Crippen LogP contribution is -2.04. The van der Waals surface area contributed by atoms with Gasteiger partial charge in [-0.2, -0.15) is 0 Å². The molecule has 0 unspecified atom stereocenters. The van der Waals surface area contributed by atoms with Crippen LogP contribution < -0.4 is 5.32 Å². The molecule has 2 nitrogen and oxygen atoms in total. The molecule has 0 radical (unpaired) electrons. The maximum atomic E-state index is 6.66. The van der Waals surface area contributed by atoms with Crippen LogP contribution in [0.2, 0.25) is 0 Å². The number of hydrogen-bond acceptors (Lipinski definition) is 1. The maximum absolute atomic E-state index is 6.66. The summed E-state index contributed by atoms with van der Waals surface area (Å²) in [5.74, 6) is 0. The fraction of sp³-hybridized carbons (Fsp3) is 0.308. The van der Waals surface area contributed by atoms with Gasteiger partial charge in [-0.05, 0) is 18.6 Å². The zero-order valence-corrected chi connectivity index (χ0v) is 8.87. The summed E-state index contributed by atoms with van der Waals surface area (Å²) in [5, 5.41) is 3.29. The molecule has 0 saturated carbocycles. The largest absolute Gasteiger partial charge is 0.381 e. The Balaban J connectivity index is 2.20. The SMILES string of the molecule is [C-]#[N+]CCCC(=C)CNc1ccccc1. The number of hydrogen-bond donors (Lipinski definition) is 1. The summed E-state index contributed by atoms with van der Waals surface area (Å²) in [7, 11) is 0. The molecule has 0 atom stereocenters. The van der Waals surface area contributed by atoms with Crippen LogP contribution in [0.15, 0.2) is 42.5 Å². The average molecular weight is 200 g/mol. The first kappa shape index (κ1) is 11.3. The van der Waals surface area contributed by atoms with Crippen molar-refractivity contribution < 1.29 is 0 Å². The van der Waals surface area contributed by atoms with E-state index in [-0.39, 0.29) is 0 Å². The van der Waals surface area contributed by atoms with Crippen LogP contribution in [-0.2, 0) is 0 Å². The third-order valence-corrected chi connectivity index (χ3v) is 2.12. The van der Waals surface area contributed by atoms with Crippen molar-refractivity contribution in [3.8, 4) is 0 Å². The first-order valence-corrected chi connectivity index (χ1v) is 5.11. The summed E-state index contributed by atoms with van der Waals surface area (Å²) in [6, 6.07) is 10.1. The van der Waals surface area contributed by atoms with Gasteiger partial charge in [-0.15, -0.1) is 0 Å². The van der Waals surface area contributed by atoms with Crippen LogP contribution in [0.3, 0.4) is 0 Å². The minimum atomic E-state index is 0.602. The third-order valence-electron chi connectivity index (χ3n) is 2.12. The van der Waals surface area contributed by atoms with Gasteiger partial charge in [0.2, 0.25) is 6.54 Å². The highest BCUT2D eigenvalue weighted by atomic mass is 14.9. The van der Waals surface area contributed by atoms with Gasteiger partial charge in [0, 0.05) is 18.7 Å². The molecule has 0 saturated heterocycles. The lowest BCUT2D eigenvalue weighted by atomic mass is 10.1. The zero-order valence-electron chi connectivity index (χ0n) is 8.87. The molecule has 0 heterocycles. The topological polar surface area (TPSA) is 16.4 Å². The van der Waals surface area contributed by atoms with Crippen LogP contribution in [0.4, 0.5) is 5.69 Å². The molecule has 1 aromatic carbocycles. The molecule has 0 aliphatic heterocycles. The monoisotopic (exact) mass is 200 g/mol. The Morgan fingerprint density at radius 3 is 2.73 bits per heavy atom. The minimum Gasteiger partial charge on any atom is -0.381 e. The van der Waals surface area contributed by atoms with Crippen LogP contribution in [0, 0.1) is 6.57 Å². The number of para-hydroxylation sites is 1. The van der Waals surface area contributed by atoms with Crippen LogP contribution in [0.5, 0.6) is 0 Å². The second-order valence-electron chi connectivity index (χ2n) is 3.45. The van der Waals surface area contributed by atoms with Crippen molar-refractivity contribution in [3.05, 3.63) is 53.9 Å². The quantitative estimate of drug-likeness (QED) is 0.423. The standard InChI is InChI=1S/C13H16N2/c1-12(7-6-10-14-2)11-15-13-8-4-3-5-9-13/h3-5,8-9,15H,1,6-7,10-11H2. The molecule has 15 heavy (non-hydrogen) atoms. The van der Waals surface area contributed by atoms with E-state index in [4.69, 9.17) is 6.57 Å². The van der Waals surface area contributed by atoms with E-state index in [0.717, 1.165) is 30.6 Å². The minimum absolute atomic E-state index is 0.602. The molecular weight excluding hydrogens is 184 g/mol. The molecule has 1 rings (SSSR count). The van der Waals surface area contributed by atoms with Gasteiger partial charge in [-0.1, -0.05) is 30.4 Å². The lowest BCUT2D eigenvalue weighted by Gasteiger charge is -2.07. The molecule has 0 aliphatic carbocycles. The number of nitrogens with one attached hydrogen (secondary N) is 1. The van der Waals surface area contributed by atoms with Gasteiger partial charge in [-0.25, -0.2) is 6.57 Å². The first-order valence-electron chi connectivity index (χ1n) is 5.11. The van der Waals surface area contributed by atoms with Gasteiger partial charge in [0.25, 0.3) is 0 Å². The van der Waals surface area contributed by atoms with E-state index >= 15 is 0 Å². The normalized spacial score (nSPS) is 9.27. The predicted octanol–water partition coefficient (Wildman–Crippen LogP) is 3.35. The van der Waals surface area contributed by atoms with Gasteiger partial charge in [0.05, 0.1) is 0 Å². The summed E-state index contributed by atoms with van der Waals surface area (Å²) in [5.41, 5.74) is 2.27. The molecule has 1 aromatic rings. The Labute approximate surface area is 91.4 Å². The van der Waals surface area contributed by atoms with Gasteiger partial charge < -0.3 is 10.2 Å². The van der Waals surface area contributed by atoms with Crippen LogP contribution >= 0.6 is 0 Å². The fourth-order valence-electron chi connectivity index (χ4n) is 1.28. The van der Waals surface area contributed by atoms with Crippen molar-refractivity contribution >= 4 is 5.69 Å². The van der Waals surface area contributed by atoms with Gasteiger partial charge >= 0.3 is 0 Å². The van der Waals surface area contributed by atoms with Gasteiger partial charge in [-0.3, -0.25) is 0 Å². The lowest BCUT2D eigenvalue weighted by molar-refractivity contribution is 0.866. The highest BCUT2D eigenvalue weighted by molar-refractivity contribution is 5.43. The molecule has 78 valence electrons. The molecule has 0 fully saturated rings. The Morgan fingerprint density at radius 2 is 2.07 bits per heavy atom. The van der Waals surface area contributed by atoms with Gasteiger partial charge in [0.15, 0.2) is 0 Å². The highest BCUT2D eigenvalue weighted by Crippen LogP contribution is 2.08. The number of rotatable bonds is 6.